The summed E-state index contributed by atoms with van der Waals surface area (Å²) >= 11 is 1.78. The number of hydrogen-bond acceptors (Lipinski definition) is 3. The van der Waals surface area contributed by atoms with Crippen LogP contribution in [-0.2, 0) is 14.9 Å². The van der Waals surface area contributed by atoms with Gasteiger partial charge in [0.2, 0.25) is 5.91 Å². The van der Waals surface area contributed by atoms with E-state index in [-0.39, 0.29) is 17.9 Å². The van der Waals surface area contributed by atoms with Crippen LogP contribution in [-0.4, -0.2) is 25.7 Å². The fraction of sp³-hybridized carbons (Fsp3) is 0.583. The summed E-state index contributed by atoms with van der Waals surface area (Å²) in [6.45, 7) is 3.40. The Kier molecular flexibility index (Phi) is 3.61. The van der Waals surface area contributed by atoms with Crippen molar-refractivity contribution in [1.29, 1.82) is 0 Å². The zero-order valence-electron chi connectivity index (χ0n) is 9.49. The Hall–Kier alpha value is -0.870. The lowest BCUT2D eigenvalue weighted by Crippen LogP contribution is -2.34. The predicted molar refractivity (Wildman–Crippen MR) is 64.7 cm³/mol. The molecule has 16 heavy (non-hydrogen) atoms. The standard InChI is InChI=1S/C12H17NO2S/c1-2-15-8-11(14)13-9-12(5-6-12)10-4-3-7-16-10/h3-4,7H,2,5-6,8-9H2,1H3,(H,13,14). The first kappa shape index (κ1) is 11.6. The fourth-order valence-corrected chi connectivity index (χ4v) is 2.74. The summed E-state index contributed by atoms with van der Waals surface area (Å²) in [6.07, 6.45) is 2.37. The molecule has 2 rings (SSSR count). The molecule has 1 N–H and O–H groups in total. The Bertz CT molecular complexity index is 344. The minimum Gasteiger partial charge on any atom is -0.372 e. The smallest absolute Gasteiger partial charge is 0.246 e. The summed E-state index contributed by atoms with van der Waals surface area (Å²) < 4.78 is 5.06. The maximum atomic E-state index is 11.4. The van der Waals surface area contributed by atoms with Crippen molar-refractivity contribution in [2.75, 3.05) is 19.8 Å². The van der Waals surface area contributed by atoms with Gasteiger partial charge in [-0.25, -0.2) is 0 Å². The van der Waals surface area contributed by atoms with E-state index in [9.17, 15) is 4.79 Å². The summed E-state index contributed by atoms with van der Waals surface area (Å²) in [5.74, 6) is -0.00955. The molecule has 1 saturated carbocycles. The second-order valence-corrected chi connectivity index (χ2v) is 5.12. The summed E-state index contributed by atoms with van der Waals surface area (Å²) in [5.41, 5.74) is 0.232. The van der Waals surface area contributed by atoms with Crippen LogP contribution in [0.1, 0.15) is 24.6 Å². The van der Waals surface area contributed by atoms with E-state index in [2.05, 4.69) is 22.8 Å². The molecule has 88 valence electrons. The van der Waals surface area contributed by atoms with Gasteiger partial charge < -0.3 is 10.1 Å². The van der Waals surface area contributed by atoms with E-state index in [1.54, 1.807) is 11.3 Å². The first-order valence-electron chi connectivity index (χ1n) is 5.65. The molecule has 1 heterocycles. The number of amides is 1. The van der Waals surface area contributed by atoms with Crippen molar-refractivity contribution in [3.05, 3.63) is 22.4 Å². The highest BCUT2D eigenvalue weighted by molar-refractivity contribution is 7.10. The van der Waals surface area contributed by atoms with E-state index in [4.69, 9.17) is 4.74 Å². The third kappa shape index (κ3) is 2.62. The third-order valence-corrected chi connectivity index (χ3v) is 4.07. The summed E-state index contributed by atoms with van der Waals surface area (Å²) in [4.78, 5) is 12.8. The van der Waals surface area contributed by atoms with Gasteiger partial charge in [0.25, 0.3) is 0 Å². The molecule has 1 aliphatic rings. The van der Waals surface area contributed by atoms with Crippen LogP contribution >= 0.6 is 11.3 Å². The van der Waals surface area contributed by atoms with E-state index >= 15 is 0 Å². The largest absolute Gasteiger partial charge is 0.372 e. The van der Waals surface area contributed by atoms with Gasteiger partial charge in [-0.05, 0) is 31.2 Å². The van der Waals surface area contributed by atoms with E-state index < -0.39 is 0 Å². The van der Waals surface area contributed by atoms with Crippen molar-refractivity contribution >= 4 is 17.2 Å². The molecule has 3 nitrogen and oxygen atoms in total. The highest BCUT2D eigenvalue weighted by Gasteiger charge is 2.45. The Morgan fingerprint density at radius 2 is 2.44 bits per heavy atom. The van der Waals surface area contributed by atoms with Crippen LogP contribution < -0.4 is 5.32 Å². The lowest BCUT2D eigenvalue weighted by Gasteiger charge is -2.14. The predicted octanol–water partition coefficient (Wildman–Crippen LogP) is 1.93. The zero-order valence-corrected chi connectivity index (χ0v) is 10.3. The van der Waals surface area contributed by atoms with Gasteiger partial charge in [-0.3, -0.25) is 4.79 Å². The van der Waals surface area contributed by atoms with E-state index in [0.717, 1.165) is 6.54 Å². The molecular formula is C12H17NO2S. The van der Waals surface area contributed by atoms with Crippen LogP contribution in [0.3, 0.4) is 0 Å². The van der Waals surface area contributed by atoms with E-state index in [1.807, 2.05) is 6.92 Å². The minimum atomic E-state index is -0.00955. The van der Waals surface area contributed by atoms with Gasteiger partial charge in [-0.15, -0.1) is 11.3 Å². The number of nitrogens with one attached hydrogen (secondary N) is 1. The van der Waals surface area contributed by atoms with Crippen molar-refractivity contribution in [3.63, 3.8) is 0 Å². The number of carbonyl (C=O) groups is 1. The van der Waals surface area contributed by atoms with Crippen LogP contribution in [0, 0.1) is 0 Å². The van der Waals surface area contributed by atoms with Gasteiger partial charge in [0.15, 0.2) is 0 Å². The van der Waals surface area contributed by atoms with Crippen LogP contribution in [0.5, 0.6) is 0 Å². The molecule has 4 heteroatoms. The van der Waals surface area contributed by atoms with Crippen LogP contribution in [0.15, 0.2) is 17.5 Å². The quantitative estimate of drug-likeness (QED) is 0.824. The van der Waals surface area contributed by atoms with Gasteiger partial charge in [-0.1, -0.05) is 6.07 Å². The van der Waals surface area contributed by atoms with Crippen LogP contribution in [0.25, 0.3) is 0 Å². The molecule has 0 aliphatic heterocycles. The Morgan fingerprint density at radius 3 is 3.00 bits per heavy atom. The Labute approximate surface area is 99.8 Å². The average Bonchev–Trinajstić information content (AvgIpc) is 2.88. The molecule has 0 spiro atoms. The van der Waals surface area contributed by atoms with Crippen molar-refractivity contribution in [2.24, 2.45) is 0 Å². The molecule has 0 aromatic carbocycles. The Balaban J connectivity index is 1.80. The second kappa shape index (κ2) is 4.97. The average molecular weight is 239 g/mol. The molecule has 0 saturated heterocycles. The first-order valence-corrected chi connectivity index (χ1v) is 6.53. The normalized spacial score (nSPS) is 17.1. The highest BCUT2D eigenvalue weighted by Crippen LogP contribution is 2.49. The van der Waals surface area contributed by atoms with Crippen molar-refractivity contribution in [1.82, 2.24) is 5.32 Å². The molecule has 0 radical (unpaired) electrons. The molecule has 1 aromatic rings. The van der Waals surface area contributed by atoms with Gasteiger partial charge in [0.1, 0.15) is 6.61 Å². The number of rotatable bonds is 6. The maximum absolute atomic E-state index is 11.4. The summed E-state index contributed by atoms with van der Waals surface area (Å²) in [5, 5.41) is 5.05. The van der Waals surface area contributed by atoms with Gasteiger partial charge in [0, 0.05) is 23.4 Å². The second-order valence-electron chi connectivity index (χ2n) is 4.17. The van der Waals surface area contributed by atoms with E-state index in [0.29, 0.717) is 6.61 Å². The topological polar surface area (TPSA) is 38.3 Å². The van der Waals surface area contributed by atoms with Crippen molar-refractivity contribution < 1.29 is 9.53 Å². The van der Waals surface area contributed by atoms with Gasteiger partial charge in [-0.2, -0.15) is 0 Å². The Morgan fingerprint density at radius 1 is 1.62 bits per heavy atom. The highest BCUT2D eigenvalue weighted by atomic mass is 32.1. The first-order chi connectivity index (χ1) is 7.77. The number of carbonyl (C=O) groups excluding carboxylic acids is 1. The lowest BCUT2D eigenvalue weighted by atomic mass is 10.1. The van der Waals surface area contributed by atoms with Gasteiger partial charge in [0.05, 0.1) is 0 Å². The molecular weight excluding hydrogens is 222 g/mol. The van der Waals surface area contributed by atoms with Crippen molar-refractivity contribution in [3.8, 4) is 0 Å². The van der Waals surface area contributed by atoms with Crippen LogP contribution in [0.2, 0.25) is 0 Å². The fourth-order valence-electron chi connectivity index (χ4n) is 1.76. The monoisotopic (exact) mass is 239 g/mol. The zero-order chi connectivity index (χ0) is 11.4. The molecule has 1 fully saturated rings. The summed E-state index contributed by atoms with van der Waals surface area (Å²) in [7, 11) is 0. The van der Waals surface area contributed by atoms with E-state index in [1.165, 1.54) is 17.7 Å². The molecule has 1 aliphatic carbocycles. The summed E-state index contributed by atoms with van der Waals surface area (Å²) in [6, 6.07) is 4.23. The molecule has 0 bridgehead atoms. The van der Waals surface area contributed by atoms with Crippen molar-refractivity contribution in [2.45, 2.75) is 25.2 Å². The number of hydrogen-bond donors (Lipinski definition) is 1. The number of ether oxygens (including phenoxy) is 1. The van der Waals surface area contributed by atoms with Crippen LogP contribution in [0.4, 0.5) is 0 Å². The number of thiophene rings is 1. The third-order valence-electron chi connectivity index (χ3n) is 2.96. The molecule has 0 unspecified atom stereocenters. The maximum Gasteiger partial charge on any atom is 0.246 e. The minimum absolute atomic E-state index is 0.00955. The molecule has 1 amide bonds. The van der Waals surface area contributed by atoms with Gasteiger partial charge >= 0.3 is 0 Å². The molecule has 0 atom stereocenters. The SMILES string of the molecule is CCOCC(=O)NCC1(c2cccs2)CC1. The lowest BCUT2D eigenvalue weighted by molar-refractivity contribution is -0.125. The molecule has 1 aromatic heterocycles.